The van der Waals surface area contributed by atoms with Crippen LogP contribution < -0.4 is 5.32 Å². The standard InChI is InChI=1S/C12H15N3O2S/c1-7(13-3)4-11-14-12(17-15-11)10-5-9(6-18-10)8(2)16/h5-7,13H,4H2,1-3H3. The van der Waals surface area contributed by atoms with Crippen LogP contribution in [0.4, 0.5) is 0 Å². The average molecular weight is 265 g/mol. The van der Waals surface area contributed by atoms with Crippen molar-refractivity contribution < 1.29 is 9.32 Å². The summed E-state index contributed by atoms with van der Waals surface area (Å²) in [5.41, 5.74) is 0.679. The zero-order valence-corrected chi connectivity index (χ0v) is 11.4. The van der Waals surface area contributed by atoms with Crippen LogP contribution in [0.5, 0.6) is 0 Å². The molecule has 1 atom stereocenters. The van der Waals surface area contributed by atoms with Crippen molar-refractivity contribution in [1.29, 1.82) is 0 Å². The number of aromatic nitrogens is 2. The van der Waals surface area contributed by atoms with Crippen molar-refractivity contribution in [3.63, 3.8) is 0 Å². The Morgan fingerprint density at radius 3 is 3.00 bits per heavy atom. The minimum atomic E-state index is 0.0426. The van der Waals surface area contributed by atoms with Crippen molar-refractivity contribution in [2.45, 2.75) is 26.3 Å². The van der Waals surface area contributed by atoms with Gasteiger partial charge in [0.15, 0.2) is 11.6 Å². The molecule has 1 unspecified atom stereocenters. The van der Waals surface area contributed by atoms with Crippen molar-refractivity contribution >= 4 is 17.1 Å². The highest BCUT2D eigenvalue weighted by atomic mass is 32.1. The summed E-state index contributed by atoms with van der Waals surface area (Å²) in [5.74, 6) is 1.19. The van der Waals surface area contributed by atoms with Crippen LogP contribution in [0.25, 0.3) is 10.8 Å². The molecule has 5 nitrogen and oxygen atoms in total. The monoisotopic (exact) mass is 265 g/mol. The van der Waals surface area contributed by atoms with Crippen LogP contribution in [0.15, 0.2) is 16.0 Å². The SMILES string of the molecule is CNC(C)Cc1noc(-c2cc(C(C)=O)cs2)n1. The maximum absolute atomic E-state index is 11.2. The maximum atomic E-state index is 11.2. The lowest BCUT2D eigenvalue weighted by Gasteiger charge is -2.04. The summed E-state index contributed by atoms with van der Waals surface area (Å²) < 4.78 is 5.20. The van der Waals surface area contributed by atoms with E-state index in [-0.39, 0.29) is 5.78 Å². The largest absolute Gasteiger partial charge is 0.333 e. The Kier molecular flexibility index (Phi) is 3.88. The Hall–Kier alpha value is -1.53. The number of thiophene rings is 1. The molecule has 0 saturated carbocycles. The lowest BCUT2D eigenvalue weighted by atomic mass is 10.2. The molecule has 2 aromatic heterocycles. The fourth-order valence-electron chi connectivity index (χ4n) is 1.45. The summed E-state index contributed by atoms with van der Waals surface area (Å²) in [6.45, 7) is 3.59. The van der Waals surface area contributed by atoms with Crippen molar-refractivity contribution in [1.82, 2.24) is 15.5 Å². The second-order valence-corrected chi connectivity index (χ2v) is 5.08. The number of hydrogen-bond acceptors (Lipinski definition) is 6. The molecule has 0 radical (unpaired) electrons. The van der Waals surface area contributed by atoms with Gasteiger partial charge in [0, 0.05) is 23.4 Å². The van der Waals surface area contributed by atoms with E-state index < -0.39 is 0 Å². The molecule has 0 aliphatic rings. The van der Waals surface area contributed by atoms with E-state index in [1.807, 2.05) is 7.05 Å². The minimum Gasteiger partial charge on any atom is -0.333 e. The maximum Gasteiger partial charge on any atom is 0.268 e. The summed E-state index contributed by atoms with van der Waals surface area (Å²) in [5, 5.41) is 8.85. The quantitative estimate of drug-likeness (QED) is 0.839. The van der Waals surface area contributed by atoms with Crippen LogP contribution in [0.2, 0.25) is 0 Å². The van der Waals surface area contributed by atoms with E-state index in [1.165, 1.54) is 11.3 Å². The van der Waals surface area contributed by atoms with Crippen molar-refractivity contribution in [2.75, 3.05) is 7.05 Å². The van der Waals surface area contributed by atoms with Gasteiger partial charge in [-0.15, -0.1) is 11.3 Å². The first-order valence-corrected chi connectivity index (χ1v) is 6.57. The molecule has 2 heterocycles. The van der Waals surface area contributed by atoms with E-state index in [0.717, 1.165) is 4.88 Å². The van der Waals surface area contributed by atoms with Crippen molar-refractivity contribution in [3.8, 4) is 10.8 Å². The van der Waals surface area contributed by atoms with E-state index in [1.54, 1.807) is 18.4 Å². The van der Waals surface area contributed by atoms with Crippen LogP contribution >= 0.6 is 11.3 Å². The van der Waals surface area contributed by atoms with Crippen LogP contribution in [0, 0.1) is 0 Å². The number of likely N-dealkylation sites (N-methyl/N-ethyl adjacent to an activating group) is 1. The van der Waals surface area contributed by atoms with Gasteiger partial charge in [-0.25, -0.2) is 0 Å². The molecule has 0 spiro atoms. The molecular formula is C12H15N3O2S. The molecule has 0 saturated heterocycles. The smallest absolute Gasteiger partial charge is 0.268 e. The predicted molar refractivity (Wildman–Crippen MR) is 69.8 cm³/mol. The van der Waals surface area contributed by atoms with E-state index in [0.29, 0.717) is 29.7 Å². The second kappa shape index (κ2) is 5.41. The summed E-state index contributed by atoms with van der Waals surface area (Å²) in [6, 6.07) is 2.08. The fraction of sp³-hybridized carbons (Fsp3) is 0.417. The minimum absolute atomic E-state index is 0.0426. The number of rotatable bonds is 5. The highest BCUT2D eigenvalue weighted by Crippen LogP contribution is 2.26. The normalized spacial score (nSPS) is 12.6. The van der Waals surface area contributed by atoms with Crippen molar-refractivity contribution in [3.05, 3.63) is 22.8 Å². The molecular weight excluding hydrogens is 250 g/mol. The fourth-order valence-corrected chi connectivity index (χ4v) is 2.31. The van der Waals surface area contributed by atoms with Crippen LogP contribution in [0.1, 0.15) is 30.0 Å². The molecule has 1 N–H and O–H groups in total. The van der Waals surface area contributed by atoms with Gasteiger partial charge in [-0.05, 0) is 27.0 Å². The van der Waals surface area contributed by atoms with Gasteiger partial charge in [-0.3, -0.25) is 4.79 Å². The van der Waals surface area contributed by atoms with Crippen molar-refractivity contribution in [2.24, 2.45) is 0 Å². The summed E-state index contributed by atoms with van der Waals surface area (Å²) >= 11 is 1.44. The molecule has 0 bridgehead atoms. The Balaban J connectivity index is 2.16. The molecule has 2 rings (SSSR count). The first-order valence-electron chi connectivity index (χ1n) is 5.70. The van der Waals surface area contributed by atoms with Gasteiger partial charge in [-0.1, -0.05) is 5.16 Å². The third-order valence-electron chi connectivity index (χ3n) is 2.67. The van der Waals surface area contributed by atoms with Gasteiger partial charge in [0.1, 0.15) is 0 Å². The van der Waals surface area contributed by atoms with Gasteiger partial charge >= 0.3 is 0 Å². The first kappa shape index (κ1) is 12.9. The third-order valence-corrected chi connectivity index (χ3v) is 3.58. The molecule has 2 aromatic rings. The molecule has 18 heavy (non-hydrogen) atoms. The molecule has 0 aliphatic carbocycles. The Bertz CT molecular complexity index is 547. The van der Waals surface area contributed by atoms with Crippen LogP contribution in [0.3, 0.4) is 0 Å². The highest BCUT2D eigenvalue weighted by Gasteiger charge is 2.14. The molecule has 6 heteroatoms. The van der Waals surface area contributed by atoms with E-state index in [4.69, 9.17) is 4.52 Å². The van der Waals surface area contributed by atoms with Crippen LogP contribution in [-0.2, 0) is 6.42 Å². The summed E-state index contributed by atoms with van der Waals surface area (Å²) in [4.78, 5) is 16.4. The van der Waals surface area contributed by atoms with Gasteiger partial charge in [-0.2, -0.15) is 4.98 Å². The Morgan fingerprint density at radius 2 is 2.39 bits per heavy atom. The zero-order chi connectivity index (χ0) is 13.1. The predicted octanol–water partition coefficient (Wildman–Crippen LogP) is 2.15. The lowest BCUT2D eigenvalue weighted by Crippen LogP contribution is -2.24. The average Bonchev–Trinajstić information content (AvgIpc) is 2.96. The van der Waals surface area contributed by atoms with Crippen LogP contribution in [-0.4, -0.2) is 29.0 Å². The molecule has 0 aliphatic heterocycles. The molecule has 0 amide bonds. The van der Waals surface area contributed by atoms with Gasteiger partial charge < -0.3 is 9.84 Å². The summed E-state index contributed by atoms with van der Waals surface area (Å²) in [7, 11) is 1.89. The molecule has 0 aromatic carbocycles. The number of Topliss-reactive ketones (excluding diaryl/α,β-unsaturated/α-hetero) is 1. The van der Waals surface area contributed by atoms with E-state index >= 15 is 0 Å². The zero-order valence-electron chi connectivity index (χ0n) is 10.6. The first-order chi connectivity index (χ1) is 8.60. The van der Waals surface area contributed by atoms with Gasteiger partial charge in [0.2, 0.25) is 0 Å². The molecule has 0 fully saturated rings. The highest BCUT2D eigenvalue weighted by molar-refractivity contribution is 7.13. The third kappa shape index (κ3) is 2.83. The topological polar surface area (TPSA) is 68.0 Å². The lowest BCUT2D eigenvalue weighted by molar-refractivity contribution is 0.101. The summed E-state index contributed by atoms with van der Waals surface area (Å²) in [6.07, 6.45) is 0.713. The number of ketones is 1. The number of hydrogen-bond donors (Lipinski definition) is 1. The number of carbonyl (C=O) groups is 1. The van der Waals surface area contributed by atoms with Gasteiger partial charge in [0.05, 0.1) is 4.88 Å². The van der Waals surface area contributed by atoms with E-state index in [2.05, 4.69) is 22.4 Å². The number of nitrogens with one attached hydrogen (secondary N) is 1. The second-order valence-electron chi connectivity index (χ2n) is 4.17. The Labute approximate surface area is 109 Å². The number of carbonyl (C=O) groups excluding carboxylic acids is 1. The Morgan fingerprint density at radius 1 is 1.61 bits per heavy atom. The van der Waals surface area contributed by atoms with Gasteiger partial charge in [0.25, 0.3) is 5.89 Å². The number of nitrogens with zero attached hydrogens (tertiary/aromatic N) is 2. The molecule has 96 valence electrons. The van der Waals surface area contributed by atoms with E-state index in [9.17, 15) is 4.79 Å².